The highest BCUT2D eigenvalue weighted by molar-refractivity contribution is 6.31. The van der Waals surface area contributed by atoms with Gasteiger partial charge in [0.1, 0.15) is 0 Å². The highest BCUT2D eigenvalue weighted by Crippen LogP contribution is 2.32. The van der Waals surface area contributed by atoms with E-state index in [1.165, 1.54) is 0 Å². The first-order valence-electron chi connectivity index (χ1n) is 6.00. The van der Waals surface area contributed by atoms with Crippen molar-refractivity contribution in [2.75, 3.05) is 24.6 Å². The van der Waals surface area contributed by atoms with Crippen molar-refractivity contribution in [3.63, 3.8) is 0 Å². The van der Waals surface area contributed by atoms with Crippen LogP contribution in [0.25, 0.3) is 0 Å². The fraction of sp³-hybridized carbons (Fsp3) is 0.538. The van der Waals surface area contributed by atoms with Crippen molar-refractivity contribution >= 4 is 17.3 Å². The predicted molar refractivity (Wildman–Crippen MR) is 69.4 cm³/mol. The molecule has 0 radical (unpaired) electrons. The van der Waals surface area contributed by atoms with Crippen LogP contribution in [0.3, 0.4) is 0 Å². The number of benzene rings is 1. The lowest BCUT2D eigenvalue weighted by Crippen LogP contribution is -2.21. The van der Waals surface area contributed by atoms with Gasteiger partial charge in [-0.05, 0) is 30.9 Å². The van der Waals surface area contributed by atoms with Gasteiger partial charge in [0.25, 0.3) is 0 Å². The molecule has 1 fully saturated rings. The fourth-order valence-corrected chi connectivity index (χ4v) is 2.70. The largest absolute Gasteiger partial charge is 0.396 e. The van der Waals surface area contributed by atoms with E-state index in [1.54, 1.807) is 6.07 Å². The smallest absolute Gasteiger partial charge is 0.0716 e. The minimum Gasteiger partial charge on any atom is -0.396 e. The average Bonchev–Trinajstić information content (AvgIpc) is 2.78. The Bertz CT molecular complexity index is 384. The molecule has 94 valence electrons. The maximum Gasteiger partial charge on any atom is 0.0716 e. The van der Waals surface area contributed by atoms with E-state index in [2.05, 4.69) is 4.90 Å². The second kappa shape index (κ2) is 5.71. The van der Waals surface area contributed by atoms with Crippen molar-refractivity contribution in [2.24, 2.45) is 5.92 Å². The summed E-state index contributed by atoms with van der Waals surface area (Å²) in [5.41, 5.74) is 1.83. The summed E-state index contributed by atoms with van der Waals surface area (Å²) >= 11 is 6.08. The van der Waals surface area contributed by atoms with Crippen LogP contribution in [0.5, 0.6) is 0 Å². The number of anilines is 1. The van der Waals surface area contributed by atoms with Crippen molar-refractivity contribution in [3.8, 4) is 0 Å². The molecule has 0 saturated carbocycles. The molecule has 0 aliphatic carbocycles. The molecular formula is C13H18ClNO2. The molecule has 1 aromatic carbocycles. The van der Waals surface area contributed by atoms with Crippen LogP contribution in [0, 0.1) is 5.92 Å². The molecule has 2 N–H and O–H groups in total. The predicted octanol–water partition coefficient (Wildman–Crippen LogP) is 2.04. The molecule has 3 nitrogen and oxygen atoms in total. The van der Waals surface area contributed by atoms with Crippen molar-refractivity contribution < 1.29 is 10.2 Å². The summed E-state index contributed by atoms with van der Waals surface area (Å²) in [5, 5.41) is 18.9. The van der Waals surface area contributed by atoms with Crippen LogP contribution in [0.4, 0.5) is 5.69 Å². The van der Waals surface area contributed by atoms with Crippen LogP contribution < -0.4 is 4.90 Å². The molecule has 0 amide bonds. The van der Waals surface area contributed by atoms with E-state index < -0.39 is 0 Å². The van der Waals surface area contributed by atoms with Gasteiger partial charge >= 0.3 is 0 Å². The number of halogens is 1. The van der Waals surface area contributed by atoms with Gasteiger partial charge in [-0.3, -0.25) is 0 Å². The Morgan fingerprint density at radius 3 is 2.88 bits per heavy atom. The SMILES string of the molecule is OCCC1CCN(c2cccc(Cl)c2CO)C1. The van der Waals surface area contributed by atoms with Gasteiger partial charge in [0.05, 0.1) is 6.61 Å². The third-order valence-electron chi connectivity index (χ3n) is 3.42. The number of aliphatic hydroxyl groups excluding tert-OH is 2. The first kappa shape index (κ1) is 12.7. The first-order chi connectivity index (χ1) is 8.26. The molecule has 17 heavy (non-hydrogen) atoms. The first-order valence-corrected chi connectivity index (χ1v) is 6.38. The third kappa shape index (κ3) is 2.73. The Hall–Kier alpha value is -0.770. The van der Waals surface area contributed by atoms with Crippen LogP contribution in [-0.2, 0) is 6.61 Å². The lowest BCUT2D eigenvalue weighted by atomic mass is 10.1. The maximum atomic E-state index is 9.38. The van der Waals surface area contributed by atoms with Crippen LogP contribution in [-0.4, -0.2) is 29.9 Å². The molecule has 0 spiro atoms. The molecule has 1 aliphatic heterocycles. The Kier molecular flexibility index (Phi) is 4.26. The van der Waals surface area contributed by atoms with Gasteiger partial charge in [-0.25, -0.2) is 0 Å². The second-order valence-electron chi connectivity index (χ2n) is 4.51. The van der Waals surface area contributed by atoms with Gasteiger partial charge in [0.2, 0.25) is 0 Å². The summed E-state index contributed by atoms with van der Waals surface area (Å²) in [4.78, 5) is 2.25. The molecule has 1 aliphatic rings. The van der Waals surface area contributed by atoms with Crippen molar-refractivity contribution in [1.82, 2.24) is 0 Å². The molecule has 1 saturated heterocycles. The van der Waals surface area contributed by atoms with Gasteiger partial charge < -0.3 is 15.1 Å². The molecule has 1 unspecified atom stereocenters. The maximum absolute atomic E-state index is 9.38. The number of nitrogens with zero attached hydrogens (tertiary/aromatic N) is 1. The highest BCUT2D eigenvalue weighted by Gasteiger charge is 2.24. The standard InChI is InChI=1S/C13H18ClNO2/c14-12-2-1-3-13(11(12)9-17)15-6-4-10(8-15)5-7-16/h1-3,10,16-17H,4-9H2. The normalized spacial score (nSPS) is 19.9. The Labute approximate surface area is 107 Å². The van der Waals surface area contributed by atoms with Gasteiger partial charge in [-0.1, -0.05) is 17.7 Å². The summed E-state index contributed by atoms with van der Waals surface area (Å²) in [5.74, 6) is 0.547. The zero-order valence-electron chi connectivity index (χ0n) is 9.77. The van der Waals surface area contributed by atoms with E-state index in [-0.39, 0.29) is 13.2 Å². The number of rotatable bonds is 4. The monoisotopic (exact) mass is 255 g/mol. The zero-order valence-corrected chi connectivity index (χ0v) is 10.5. The van der Waals surface area contributed by atoms with Crippen molar-refractivity contribution in [1.29, 1.82) is 0 Å². The lowest BCUT2D eigenvalue weighted by molar-refractivity contribution is 0.263. The van der Waals surface area contributed by atoms with E-state index in [4.69, 9.17) is 16.7 Å². The molecule has 1 heterocycles. The summed E-state index contributed by atoms with van der Waals surface area (Å²) in [6.07, 6.45) is 1.95. The van der Waals surface area contributed by atoms with E-state index in [0.717, 1.165) is 37.2 Å². The Balaban J connectivity index is 2.15. The Morgan fingerprint density at radius 1 is 1.35 bits per heavy atom. The molecule has 2 rings (SSSR count). The van der Waals surface area contributed by atoms with Crippen LogP contribution in [0.15, 0.2) is 18.2 Å². The van der Waals surface area contributed by atoms with E-state index in [9.17, 15) is 5.11 Å². The van der Waals surface area contributed by atoms with Crippen molar-refractivity contribution in [3.05, 3.63) is 28.8 Å². The molecule has 1 aromatic rings. The second-order valence-corrected chi connectivity index (χ2v) is 4.92. The summed E-state index contributed by atoms with van der Waals surface area (Å²) < 4.78 is 0. The number of hydrogen-bond acceptors (Lipinski definition) is 3. The average molecular weight is 256 g/mol. The quantitative estimate of drug-likeness (QED) is 0.865. The molecule has 4 heteroatoms. The van der Waals surface area contributed by atoms with E-state index >= 15 is 0 Å². The Morgan fingerprint density at radius 2 is 2.18 bits per heavy atom. The van der Waals surface area contributed by atoms with Gasteiger partial charge in [0.15, 0.2) is 0 Å². The molecular weight excluding hydrogens is 238 g/mol. The third-order valence-corrected chi connectivity index (χ3v) is 3.77. The number of aliphatic hydroxyl groups is 2. The van der Waals surface area contributed by atoms with Crippen LogP contribution in [0.1, 0.15) is 18.4 Å². The minimum atomic E-state index is -0.0316. The minimum absolute atomic E-state index is 0.0316. The van der Waals surface area contributed by atoms with Gasteiger partial charge in [-0.15, -0.1) is 0 Å². The molecule has 1 atom stereocenters. The molecule has 0 bridgehead atoms. The summed E-state index contributed by atoms with van der Waals surface area (Å²) in [6, 6.07) is 5.72. The van der Waals surface area contributed by atoms with E-state index in [1.807, 2.05) is 12.1 Å². The fourth-order valence-electron chi connectivity index (χ4n) is 2.47. The van der Waals surface area contributed by atoms with Gasteiger partial charge in [-0.2, -0.15) is 0 Å². The molecule has 0 aromatic heterocycles. The summed E-state index contributed by atoms with van der Waals surface area (Å²) in [6.45, 7) is 2.13. The van der Waals surface area contributed by atoms with Crippen LogP contribution in [0.2, 0.25) is 5.02 Å². The van der Waals surface area contributed by atoms with Crippen LogP contribution >= 0.6 is 11.6 Å². The highest BCUT2D eigenvalue weighted by atomic mass is 35.5. The van der Waals surface area contributed by atoms with Crippen molar-refractivity contribution in [2.45, 2.75) is 19.4 Å². The topological polar surface area (TPSA) is 43.7 Å². The lowest BCUT2D eigenvalue weighted by Gasteiger charge is -2.22. The van der Waals surface area contributed by atoms with Gasteiger partial charge in [0, 0.05) is 36.0 Å². The zero-order chi connectivity index (χ0) is 12.3. The number of hydrogen-bond donors (Lipinski definition) is 2. The summed E-state index contributed by atoms with van der Waals surface area (Å²) in [7, 11) is 0. The van der Waals surface area contributed by atoms with E-state index in [0.29, 0.717) is 10.9 Å².